The second kappa shape index (κ2) is 4.04. The molecule has 56 valence electrons. The largest absolute Gasteiger partial charge is 0.396 e. The molecular weight excluding hydrogens is 198 g/mol. The van der Waals surface area contributed by atoms with Crippen molar-refractivity contribution in [3.8, 4) is 0 Å². The summed E-state index contributed by atoms with van der Waals surface area (Å²) in [4.78, 5) is 0. The first-order valence-electron chi connectivity index (χ1n) is 2.70. The molecule has 0 aliphatic carbocycles. The molecule has 0 heterocycles. The molecule has 0 aromatic carbocycles. The third kappa shape index (κ3) is 3.68. The lowest BCUT2D eigenvalue weighted by molar-refractivity contribution is 0.286. The minimum atomic E-state index is -2.62. The van der Waals surface area contributed by atoms with Gasteiger partial charge in [0.15, 0.2) is 0 Å². The van der Waals surface area contributed by atoms with E-state index < -0.39 is 6.00 Å². The zero-order valence-electron chi connectivity index (χ0n) is 5.07. The molecule has 9 heavy (non-hydrogen) atoms. The van der Waals surface area contributed by atoms with Gasteiger partial charge in [0, 0.05) is 12.1 Å². The number of aliphatic hydroxyl groups excluding tert-OH is 1. The van der Waals surface area contributed by atoms with E-state index in [9.17, 15) is 0 Å². The lowest BCUT2D eigenvalue weighted by Gasteiger charge is -2.16. The highest BCUT2D eigenvalue weighted by atomic mass is 35.8. The van der Waals surface area contributed by atoms with E-state index in [0.717, 1.165) is 6.42 Å². The Morgan fingerprint density at radius 3 is 1.89 bits per heavy atom. The smallest absolute Gasteiger partial charge is 0.346 e. The number of hydrogen-bond acceptors (Lipinski definition) is 1. The number of rotatable bonds is 3. The Hall–Kier alpha value is 1.05. The van der Waals surface area contributed by atoms with Crippen LogP contribution >= 0.6 is 33.2 Å². The van der Waals surface area contributed by atoms with Gasteiger partial charge in [0.1, 0.15) is 0 Å². The van der Waals surface area contributed by atoms with E-state index in [2.05, 4.69) is 0 Å². The quantitative estimate of drug-likeness (QED) is 0.557. The molecule has 0 amide bonds. The third-order valence-electron chi connectivity index (χ3n) is 1.18. The van der Waals surface area contributed by atoms with Gasteiger partial charge >= 0.3 is 6.00 Å². The molecule has 0 saturated heterocycles. The van der Waals surface area contributed by atoms with Gasteiger partial charge in [-0.1, -0.05) is 13.3 Å². The van der Waals surface area contributed by atoms with E-state index in [1.54, 1.807) is 0 Å². The highest BCUT2D eigenvalue weighted by molar-refractivity contribution is 7.65. The Labute approximate surface area is 70.0 Å². The molecule has 0 aliphatic rings. The van der Waals surface area contributed by atoms with E-state index in [4.69, 9.17) is 38.3 Å². The van der Waals surface area contributed by atoms with Crippen molar-refractivity contribution in [1.82, 2.24) is 0 Å². The lowest BCUT2D eigenvalue weighted by atomic mass is 10.3. The molecule has 0 spiro atoms. The third-order valence-corrected chi connectivity index (χ3v) is 5.47. The fraction of sp³-hybridized carbons (Fsp3) is 1.00. The van der Waals surface area contributed by atoms with Crippen LogP contribution in [0.15, 0.2) is 0 Å². The van der Waals surface area contributed by atoms with E-state index in [0.29, 0.717) is 0 Å². The summed E-state index contributed by atoms with van der Waals surface area (Å²) in [6.45, 7) is 1.88. The van der Waals surface area contributed by atoms with Crippen LogP contribution in [0.2, 0.25) is 5.54 Å². The molecule has 0 fully saturated rings. The zero-order chi connectivity index (χ0) is 7.49. The van der Waals surface area contributed by atoms with Crippen molar-refractivity contribution in [2.24, 2.45) is 0 Å². The highest BCUT2D eigenvalue weighted by Crippen LogP contribution is 2.35. The predicted octanol–water partition coefficient (Wildman–Crippen LogP) is 2.41. The van der Waals surface area contributed by atoms with Crippen LogP contribution in [0.3, 0.4) is 0 Å². The van der Waals surface area contributed by atoms with Gasteiger partial charge < -0.3 is 5.11 Å². The second-order valence-electron chi connectivity index (χ2n) is 1.83. The fourth-order valence-corrected chi connectivity index (χ4v) is 3.14. The Bertz CT molecular complexity index is 78.4. The van der Waals surface area contributed by atoms with Crippen LogP contribution in [0.4, 0.5) is 0 Å². The SMILES string of the molecule is CCC(CO)[Si](Cl)(Cl)Cl. The van der Waals surface area contributed by atoms with Crippen LogP contribution in [0.1, 0.15) is 13.3 Å². The molecule has 0 aromatic rings. The van der Waals surface area contributed by atoms with Crippen LogP contribution in [-0.4, -0.2) is 17.7 Å². The lowest BCUT2D eigenvalue weighted by Crippen LogP contribution is -2.22. The molecular formula is C4H9Cl3OSi. The van der Waals surface area contributed by atoms with Crippen LogP contribution in [0, 0.1) is 0 Å². The van der Waals surface area contributed by atoms with E-state index >= 15 is 0 Å². The van der Waals surface area contributed by atoms with Crippen molar-refractivity contribution >= 4 is 39.2 Å². The maximum atomic E-state index is 8.64. The minimum absolute atomic E-state index is 0.0147. The number of hydrogen-bond donors (Lipinski definition) is 1. The molecule has 1 unspecified atom stereocenters. The summed E-state index contributed by atoms with van der Waals surface area (Å²) < 4.78 is 0. The summed E-state index contributed by atoms with van der Waals surface area (Å²) in [5, 5.41) is 8.64. The number of halogens is 3. The first-order chi connectivity index (χ1) is 4.02. The van der Waals surface area contributed by atoms with E-state index in [1.165, 1.54) is 0 Å². The first-order valence-corrected chi connectivity index (χ1v) is 7.81. The standard InChI is InChI=1S/C4H9Cl3OSi/c1-2-4(3-8)9(5,6)7/h4,8H,2-3H2,1H3. The molecule has 1 nitrogen and oxygen atoms in total. The summed E-state index contributed by atoms with van der Waals surface area (Å²) in [5.41, 5.74) is -0.109. The van der Waals surface area contributed by atoms with E-state index in [1.807, 2.05) is 6.92 Å². The van der Waals surface area contributed by atoms with Crippen molar-refractivity contribution in [3.05, 3.63) is 0 Å². The van der Waals surface area contributed by atoms with Gasteiger partial charge in [-0.2, -0.15) is 0 Å². The second-order valence-corrected chi connectivity index (χ2v) is 10.8. The Morgan fingerprint density at radius 1 is 1.44 bits per heavy atom. The Kier molecular flexibility index (Phi) is 4.51. The van der Waals surface area contributed by atoms with Gasteiger partial charge in [-0.05, 0) is 0 Å². The monoisotopic (exact) mass is 206 g/mol. The van der Waals surface area contributed by atoms with Gasteiger partial charge in [0.2, 0.25) is 0 Å². The summed E-state index contributed by atoms with van der Waals surface area (Å²) in [7, 11) is 0. The van der Waals surface area contributed by atoms with Crippen LogP contribution in [0.5, 0.6) is 0 Å². The van der Waals surface area contributed by atoms with Crippen molar-refractivity contribution in [3.63, 3.8) is 0 Å². The molecule has 0 bridgehead atoms. The molecule has 0 saturated carbocycles. The first kappa shape index (κ1) is 10.0. The summed E-state index contributed by atoms with van der Waals surface area (Å²) in [6.07, 6.45) is 0.735. The summed E-state index contributed by atoms with van der Waals surface area (Å²) >= 11 is 16.8. The van der Waals surface area contributed by atoms with Crippen LogP contribution in [-0.2, 0) is 0 Å². The predicted molar refractivity (Wildman–Crippen MR) is 44.4 cm³/mol. The molecule has 0 rings (SSSR count). The van der Waals surface area contributed by atoms with Crippen molar-refractivity contribution < 1.29 is 5.11 Å². The van der Waals surface area contributed by atoms with Gasteiger partial charge in [-0.15, -0.1) is 33.2 Å². The Balaban J connectivity index is 3.79. The molecule has 0 aromatic heterocycles. The Morgan fingerprint density at radius 2 is 1.89 bits per heavy atom. The molecule has 1 atom stereocenters. The van der Waals surface area contributed by atoms with Crippen LogP contribution in [0.25, 0.3) is 0 Å². The zero-order valence-corrected chi connectivity index (χ0v) is 8.34. The normalized spacial score (nSPS) is 15.7. The average molecular weight is 208 g/mol. The fourth-order valence-electron chi connectivity index (χ4n) is 0.464. The van der Waals surface area contributed by atoms with Gasteiger partial charge in [0.25, 0.3) is 0 Å². The van der Waals surface area contributed by atoms with Crippen LogP contribution < -0.4 is 0 Å². The van der Waals surface area contributed by atoms with E-state index in [-0.39, 0.29) is 12.1 Å². The summed E-state index contributed by atoms with van der Waals surface area (Å²) in [6, 6.07) is -2.62. The van der Waals surface area contributed by atoms with Gasteiger partial charge in [0.05, 0.1) is 0 Å². The molecule has 5 heteroatoms. The topological polar surface area (TPSA) is 20.2 Å². The van der Waals surface area contributed by atoms with Crippen molar-refractivity contribution in [2.75, 3.05) is 6.61 Å². The maximum Gasteiger partial charge on any atom is 0.346 e. The minimum Gasteiger partial charge on any atom is -0.396 e. The average Bonchev–Trinajstić information content (AvgIpc) is 1.65. The highest BCUT2D eigenvalue weighted by Gasteiger charge is 2.34. The van der Waals surface area contributed by atoms with Gasteiger partial charge in [-0.3, -0.25) is 0 Å². The maximum absolute atomic E-state index is 8.64. The summed E-state index contributed by atoms with van der Waals surface area (Å²) in [5.74, 6) is 0. The van der Waals surface area contributed by atoms with Crippen molar-refractivity contribution in [1.29, 1.82) is 0 Å². The molecule has 0 radical (unpaired) electrons. The van der Waals surface area contributed by atoms with Gasteiger partial charge in [-0.25, -0.2) is 0 Å². The van der Waals surface area contributed by atoms with Crippen molar-refractivity contribution in [2.45, 2.75) is 18.9 Å². The molecule has 1 N–H and O–H groups in total. The molecule has 0 aliphatic heterocycles. The number of aliphatic hydroxyl groups is 1.